The van der Waals surface area contributed by atoms with Crippen molar-refractivity contribution >= 4 is 11.6 Å². The molecule has 0 saturated heterocycles. The van der Waals surface area contributed by atoms with Crippen molar-refractivity contribution < 1.29 is 4.79 Å². The summed E-state index contributed by atoms with van der Waals surface area (Å²) in [7, 11) is 0. The third-order valence-corrected chi connectivity index (χ3v) is 2.15. The highest BCUT2D eigenvalue weighted by molar-refractivity contribution is 5.94. The van der Waals surface area contributed by atoms with Gasteiger partial charge in [-0.2, -0.15) is 0 Å². The molecule has 0 saturated carbocycles. The Morgan fingerprint density at radius 1 is 1.44 bits per heavy atom. The van der Waals surface area contributed by atoms with Crippen molar-refractivity contribution in [3.05, 3.63) is 43.0 Å². The Labute approximate surface area is 92.9 Å². The summed E-state index contributed by atoms with van der Waals surface area (Å²) in [4.78, 5) is 15.2. The van der Waals surface area contributed by atoms with Crippen molar-refractivity contribution in [3.63, 3.8) is 0 Å². The van der Waals surface area contributed by atoms with Crippen LogP contribution in [0.3, 0.4) is 0 Å². The summed E-state index contributed by atoms with van der Waals surface area (Å²) < 4.78 is 1.83. The molecular weight excluding hydrogens is 204 g/mol. The van der Waals surface area contributed by atoms with E-state index in [1.807, 2.05) is 35.0 Å². The molecule has 2 rings (SSSR count). The van der Waals surface area contributed by atoms with Crippen LogP contribution in [0.2, 0.25) is 0 Å². The molecule has 0 radical (unpaired) electrons. The predicted octanol–water partition coefficient (Wildman–Crippen LogP) is 0.769. The number of nitrogens with zero attached hydrogens (tertiary/aromatic N) is 2. The highest BCUT2D eigenvalue weighted by Crippen LogP contribution is 2.19. The van der Waals surface area contributed by atoms with Crippen LogP contribution in [0.5, 0.6) is 0 Å². The van der Waals surface area contributed by atoms with E-state index in [-0.39, 0.29) is 12.5 Å². The second kappa shape index (κ2) is 4.59. The molecule has 1 heterocycles. The van der Waals surface area contributed by atoms with Crippen molar-refractivity contribution in [2.75, 3.05) is 11.9 Å². The first-order valence-corrected chi connectivity index (χ1v) is 4.88. The monoisotopic (exact) mass is 216 g/mol. The van der Waals surface area contributed by atoms with Crippen LogP contribution in [0.4, 0.5) is 5.69 Å². The molecule has 1 aromatic heterocycles. The zero-order valence-corrected chi connectivity index (χ0v) is 8.63. The second-order valence-electron chi connectivity index (χ2n) is 3.24. The van der Waals surface area contributed by atoms with Crippen LogP contribution in [0.1, 0.15) is 0 Å². The Bertz CT molecular complexity index is 478. The first-order valence-electron chi connectivity index (χ1n) is 4.88. The number of hydrogen-bond donors (Lipinski definition) is 2. The van der Waals surface area contributed by atoms with Gasteiger partial charge in [-0.05, 0) is 12.1 Å². The number of amides is 1. The molecule has 0 aliphatic carbocycles. The molecule has 5 heteroatoms. The summed E-state index contributed by atoms with van der Waals surface area (Å²) >= 11 is 0. The fraction of sp³-hybridized carbons (Fsp3) is 0.0909. The summed E-state index contributed by atoms with van der Waals surface area (Å²) in [6.45, 7) is -0.0295. The van der Waals surface area contributed by atoms with Crippen LogP contribution < -0.4 is 11.1 Å². The van der Waals surface area contributed by atoms with E-state index in [1.165, 1.54) is 0 Å². The minimum atomic E-state index is -0.215. The number of aromatic nitrogens is 2. The lowest BCUT2D eigenvalue weighted by molar-refractivity contribution is -0.114. The number of carbonyl (C=O) groups is 1. The minimum Gasteiger partial charge on any atom is -0.323 e. The normalized spacial score (nSPS) is 10.1. The molecule has 82 valence electrons. The van der Waals surface area contributed by atoms with Gasteiger partial charge in [0.15, 0.2) is 0 Å². The number of carbonyl (C=O) groups excluding carboxylic acids is 1. The molecule has 5 nitrogen and oxygen atoms in total. The zero-order chi connectivity index (χ0) is 11.4. The van der Waals surface area contributed by atoms with Crippen molar-refractivity contribution in [2.24, 2.45) is 5.73 Å². The fourth-order valence-electron chi connectivity index (χ4n) is 1.41. The van der Waals surface area contributed by atoms with Crippen LogP contribution in [-0.4, -0.2) is 22.0 Å². The Morgan fingerprint density at radius 2 is 2.25 bits per heavy atom. The maximum Gasteiger partial charge on any atom is 0.238 e. The van der Waals surface area contributed by atoms with Crippen molar-refractivity contribution in [1.29, 1.82) is 0 Å². The highest BCUT2D eigenvalue weighted by Gasteiger charge is 2.05. The molecular formula is C11H12N4O. The van der Waals surface area contributed by atoms with E-state index < -0.39 is 0 Å². The molecule has 0 spiro atoms. The SMILES string of the molecule is NCC(=O)Nc1ccccc1-n1ccnc1. The molecule has 0 unspecified atom stereocenters. The Morgan fingerprint density at radius 3 is 2.94 bits per heavy atom. The number of rotatable bonds is 3. The zero-order valence-electron chi connectivity index (χ0n) is 8.63. The number of imidazole rings is 1. The van der Waals surface area contributed by atoms with E-state index in [0.717, 1.165) is 11.4 Å². The minimum absolute atomic E-state index is 0.0295. The van der Waals surface area contributed by atoms with Crippen LogP contribution in [-0.2, 0) is 4.79 Å². The molecule has 0 aliphatic rings. The lowest BCUT2D eigenvalue weighted by atomic mass is 10.2. The fourth-order valence-corrected chi connectivity index (χ4v) is 1.41. The van der Waals surface area contributed by atoms with Gasteiger partial charge in [0.1, 0.15) is 0 Å². The molecule has 3 N–H and O–H groups in total. The number of anilines is 1. The van der Waals surface area contributed by atoms with Gasteiger partial charge in [-0.3, -0.25) is 4.79 Å². The third-order valence-electron chi connectivity index (χ3n) is 2.15. The summed E-state index contributed by atoms with van der Waals surface area (Å²) in [6, 6.07) is 7.47. The molecule has 0 atom stereocenters. The molecule has 1 amide bonds. The van der Waals surface area contributed by atoms with Crippen LogP contribution in [0.25, 0.3) is 5.69 Å². The van der Waals surface area contributed by atoms with E-state index in [1.54, 1.807) is 12.5 Å². The van der Waals surface area contributed by atoms with Gasteiger partial charge >= 0.3 is 0 Å². The van der Waals surface area contributed by atoms with Gasteiger partial charge in [0.25, 0.3) is 0 Å². The lowest BCUT2D eigenvalue weighted by Gasteiger charge is -2.10. The molecule has 0 aliphatic heterocycles. The van der Waals surface area contributed by atoms with Gasteiger partial charge in [0.05, 0.1) is 24.2 Å². The highest BCUT2D eigenvalue weighted by atomic mass is 16.1. The molecule has 0 fully saturated rings. The summed E-state index contributed by atoms with van der Waals surface area (Å²) in [5.74, 6) is -0.215. The third kappa shape index (κ3) is 2.09. The van der Waals surface area contributed by atoms with Crippen LogP contribution in [0.15, 0.2) is 43.0 Å². The first-order chi connectivity index (χ1) is 7.81. The standard InChI is InChI=1S/C11H12N4O/c12-7-11(16)14-9-3-1-2-4-10(9)15-6-5-13-8-15/h1-6,8H,7,12H2,(H,14,16). The van der Waals surface area contributed by atoms with Crippen molar-refractivity contribution in [3.8, 4) is 5.69 Å². The van der Waals surface area contributed by atoms with Crippen LogP contribution >= 0.6 is 0 Å². The van der Waals surface area contributed by atoms with Gasteiger partial charge < -0.3 is 15.6 Å². The van der Waals surface area contributed by atoms with Crippen molar-refractivity contribution in [2.45, 2.75) is 0 Å². The smallest absolute Gasteiger partial charge is 0.238 e. The molecule has 1 aromatic carbocycles. The van der Waals surface area contributed by atoms with E-state index in [2.05, 4.69) is 10.3 Å². The summed E-state index contributed by atoms with van der Waals surface area (Å²) in [6.07, 6.45) is 5.17. The average molecular weight is 216 g/mol. The Kier molecular flexibility index (Phi) is 2.98. The molecule has 2 aromatic rings. The van der Waals surface area contributed by atoms with Gasteiger partial charge in [0.2, 0.25) is 5.91 Å². The van der Waals surface area contributed by atoms with Gasteiger partial charge in [-0.15, -0.1) is 0 Å². The van der Waals surface area contributed by atoms with Crippen molar-refractivity contribution in [1.82, 2.24) is 9.55 Å². The van der Waals surface area contributed by atoms with Gasteiger partial charge in [-0.1, -0.05) is 12.1 Å². The largest absolute Gasteiger partial charge is 0.323 e. The maximum atomic E-state index is 11.2. The van der Waals surface area contributed by atoms with Crippen LogP contribution in [0, 0.1) is 0 Å². The topological polar surface area (TPSA) is 72.9 Å². The number of nitrogens with two attached hydrogens (primary N) is 1. The lowest BCUT2D eigenvalue weighted by Crippen LogP contribution is -2.22. The maximum absolute atomic E-state index is 11.2. The first kappa shape index (κ1) is 10.4. The Hall–Kier alpha value is -2.14. The van der Waals surface area contributed by atoms with Gasteiger partial charge in [0, 0.05) is 12.4 Å². The van der Waals surface area contributed by atoms with E-state index in [0.29, 0.717) is 0 Å². The Balaban J connectivity index is 2.35. The number of hydrogen-bond acceptors (Lipinski definition) is 3. The second-order valence-corrected chi connectivity index (χ2v) is 3.24. The van der Waals surface area contributed by atoms with E-state index >= 15 is 0 Å². The number of nitrogens with one attached hydrogen (secondary N) is 1. The molecule has 16 heavy (non-hydrogen) atoms. The van der Waals surface area contributed by atoms with E-state index in [4.69, 9.17) is 5.73 Å². The van der Waals surface area contributed by atoms with Gasteiger partial charge in [-0.25, -0.2) is 4.98 Å². The average Bonchev–Trinajstić information content (AvgIpc) is 2.83. The predicted molar refractivity (Wildman–Crippen MR) is 61.2 cm³/mol. The number of benzene rings is 1. The quantitative estimate of drug-likeness (QED) is 0.795. The number of para-hydroxylation sites is 2. The van der Waals surface area contributed by atoms with E-state index in [9.17, 15) is 4.79 Å². The summed E-state index contributed by atoms with van der Waals surface area (Å²) in [5, 5.41) is 2.74. The molecule has 0 bridgehead atoms. The summed E-state index contributed by atoms with van der Waals surface area (Å²) in [5.41, 5.74) is 6.84.